The zero-order valence-corrected chi connectivity index (χ0v) is 17.8. The summed E-state index contributed by atoms with van der Waals surface area (Å²) in [5.41, 5.74) is 0.638. The van der Waals surface area contributed by atoms with Gasteiger partial charge in [-0.3, -0.25) is 14.3 Å². The molecule has 0 amide bonds. The molecule has 1 aromatic heterocycles. The molecule has 9 heteroatoms. The summed E-state index contributed by atoms with van der Waals surface area (Å²) in [6, 6.07) is 10.5. The molecule has 4 rings (SSSR count). The van der Waals surface area contributed by atoms with Crippen molar-refractivity contribution in [1.29, 1.82) is 0 Å². The Labute approximate surface area is 183 Å². The molecule has 3 aromatic rings. The van der Waals surface area contributed by atoms with E-state index in [1.54, 1.807) is 22.7 Å². The third kappa shape index (κ3) is 4.42. The lowest BCUT2D eigenvalue weighted by Gasteiger charge is -2.31. The summed E-state index contributed by atoms with van der Waals surface area (Å²) in [6.07, 6.45) is 2.79. The molecule has 0 N–H and O–H groups in total. The number of carbonyl (C=O) groups is 1. The fourth-order valence-corrected chi connectivity index (χ4v) is 4.11. The van der Waals surface area contributed by atoms with Crippen molar-refractivity contribution in [3.63, 3.8) is 0 Å². The quantitative estimate of drug-likeness (QED) is 0.421. The van der Waals surface area contributed by atoms with Crippen molar-refractivity contribution in [2.45, 2.75) is 19.5 Å². The molecule has 6 nitrogen and oxygen atoms in total. The highest BCUT2D eigenvalue weighted by molar-refractivity contribution is 7.71. The minimum atomic E-state index is -0.679. The Bertz CT molecular complexity index is 1150. The first-order valence-corrected chi connectivity index (χ1v) is 10.4. The molecule has 0 bridgehead atoms. The SMILES string of the molecule is COc1ccccc1-n1cnn(CN2CCC(C(=O)c3cc(F)ccc3F)CC2)c1=S. The zero-order valence-electron chi connectivity index (χ0n) is 17.0. The summed E-state index contributed by atoms with van der Waals surface area (Å²) in [5.74, 6) is -1.26. The maximum absolute atomic E-state index is 13.9. The van der Waals surface area contributed by atoms with E-state index in [0.717, 1.165) is 23.9 Å². The minimum Gasteiger partial charge on any atom is -0.495 e. The van der Waals surface area contributed by atoms with E-state index in [0.29, 0.717) is 43.1 Å². The van der Waals surface area contributed by atoms with Crippen molar-refractivity contribution >= 4 is 18.0 Å². The topological polar surface area (TPSA) is 52.3 Å². The van der Waals surface area contributed by atoms with Gasteiger partial charge in [0.1, 0.15) is 23.7 Å². The van der Waals surface area contributed by atoms with Gasteiger partial charge in [0, 0.05) is 19.0 Å². The number of aromatic nitrogens is 3. The molecule has 162 valence electrons. The summed E-state index contributed by atoms with van der Waals surface area (Å²) in [7, 11) is 1.61. The van der Waals surface area contributed by atoms with Crippen LogP contribution in [-0.4, -0.2) is 45.2 Å². The Morgan fingerprint density at radius 1 is 1.19 bits per heavy atom. The maximum atomic E-state index is 13.9. The second-order valence-corrected chi connectivity index (χ2v) is 7.84. The van der Waals surface area contributed by atoms with Gasteiger partial charge in [-0.25, -0.2) is 13.5 Å². The lowest BCUT2D eigenvalue weighted by Crippen LogP contribution is -2.38. The monoisotopic (exact) mass is 444 g/mol. The number of hydrogen-bond acceptors (Lipinski definition) is 5. The van der Waals surface area contributed by atoms with Crippen molar-refractivity contribution in [2.75, 3.05) is 20.2 Å². The van der Waals surface area contributed by atoms with E-state index in [2.05, 4.69) is 10.00 Å². The largest absolute Gasteiger partial charge is 0.495 e. The average Bonchev–Trinajstić information content (AvgIpc) is 3.15. The maximum Gasteiger partial charge on any atom is 0.203 e. The van der Waals surface area contributed by atoms with Gasteiger partial charge >= 0.3 is 0 Å². The van der Waals surface area contributed by atoms with E-state index in [9.17, 15) is 13.6 Å². The molecule has 0 unspecified atom stereocenters. The number of methoxy groups -OCH3 is 1. The van der Waals surface area contributed by atoms with Crippen molar-refractivity contribution in [3.05, 3.63) is 70.8 Å². The standard InChI is InChI=1S/C22H22F2N4O2S/c1-30-20-5-3-2-4-19(20)27-13-25-28(22(27)31)14-26-10-8-15(9-11-26)21(29)17-12-16(23)6-7-18(17)24/h2-7,12-13,15H,8-11,14H2,1H3. The Hall–Kier alpha value is -2.91. The molecule has 0 radical (unpaired) electrons. The van der Waals surface area contributed by atoms with E-state index >= 15 is 0 Å². The highest BCUT2D eigenvalue weighted by Crippen LogP contribution is 2.25. The number of Topliss-reactive ketones (excluding diaryl/α,β-unsaturated/α-hetero) is 1. The highest BCUT2D eigenvalue weighted by Gasteiger charge is 2.28. The zero-order chi connectivity index (χ0) is 22.0. The van der Waals surface area contributed by atoms with Crippen LogP contribution in [0, 0.1) is 22.3 Å². The van der Waals surface area contributed by atoms with Crippen LogP contribution in [0.15, 0.2) is 48.8 Å². The Kier molecular flexibility index (Phi) is 6.24. The average molecular weight is 445 g/mol. The Morgan fingerprint density at radius 3 is 2.68 bits per heavy atom. The second kappa shape index (κ2) is 9.07. The predicted molar refractivity (Wildman–Crippen MR) is 114 cm³/mol. The van der Waals surface area contributed by atoms with Gasteiger partial charge in [-0.2, -0.15) is 5.10 Å². The molecule has 1 saturated heterocycles. The first-order chi connectivity index (χ1) is 15.0. The number of likely N-dealkylation sites (tertiary alicyclic amines) is 1. The van der Waals surface area contributed by atoms with Gasteiger partial charge < -0.3 is 4.74 Å². The van der Waals surface area contributed by atoms with Gasteiger partial charge in [-0.1, -0.05) is 12.1 Å². The summed E-state index contributed by atoms with van der Waals surface area (Å²) in [6.45, 7) is 1.75. The number of halogens is 2. The van der Waals surface area contributed by atoms with Gasteiger partial charge in [-0.15, -0.1) is 0 Å². The molecule has 0 atom stereocenters. The molecule has 31 heavy (non-hydrogen) atoms. The van der Waals surface area contributed by atoms with E-state index in [-0.39, 0.29) is 17.3 Å². The Balaban J connectivity index is 1.42. The lowest BCUT2D eigenvalue weighted by molar-refractivity contribution is 0.0799. The van der Waals surface area contributed by atoms with Crippen LogP contribution >= 0.6 is 12.2 Å². The number of ether oxygens (including phenoxy) is 1. The fraction of sp³-hybridized carbons (Fsp3) is 0.318. The minimum absolute atomic E-state index is 0.170. The normalized spacial score (nSPS) is 15.2. The fourth-order valence-electron chi connectivity index (χ4n) is 3.86. The first-order valence-electron chi connectivity index (χ1n) is 9.97. The molecule has 1 aliphatic heterocycles. The van der Waals surface area contributed by atoms with Crippen LogP contribution in [0.4, 0.5) is 8.78 Å². The van der Waals surface area contributed by atoms with Crippen LogP contribution in [-0.2, 0) is 6.67 Å². The third-order valence-electron chi connectivity index (χ3n) is 5.56. The molecule has 0 spiro atoms. The molecule has 2 aromatic carbocycles. The van der Waals surface area contributed by atoms with E-state index in [4.69, 9.17) is 17.0 Å². The number of ketones is 1. The highest BCUT2D eigenvalue weighted by atomic mass is 32.1. The van der Waals surface area contributed by atoms with Crippen molar-refractivity contribution < 1.29 is 18.3 Å². The van der Waals surface area contributed by atoms with Gasteiger partial charge in [0.05, 0.1) is 25.0 Å². The lowest BCUT2D eigenvalue weighted by atomic mass is 9.89. The summed E-state index contributed by atoms with van der Waals surface area (Å²) >= 11 is 5.59. The number of para-hydroxylation sites is 2. The molecule has 0 aliphatic carbocycles. The first kappa shape index (κ1) is 21.3. The molecule has 0 saturated carbocycles. The number of hydrogen-bond donors (Lipinski definition) is 0. The smallest absolute Gasteiger partial charge is 0.203 e. The molecular weight excluding hydrogens is 422 g/mol. The van der Waals surface area contributed by atoms with Crippen molar-refractivity contribution in [1.82, 2.24) is 19.2 Å². The van der Waals surface area contributed by atoms with Crippen LogP contribution in [0.2, 0.25) is 0 Å². The number of rotatable bonds is 6. The van der Waals surface area contributed by atoms with E-state index in [1.165, 1.54) is 0 Å². The van der Waals surface area contributed by atoms with Crippen LogP contribution in [0.25, 0.3) is 5.69 Å². The van der Waals surface area contributed by atoms with Gasteiger partial charge in [0.2, 0.25) is 4.77 Å². The van der Waals surface area contributed by atoms with Gasteiger partial charge in [-0.05, 0) is 55.4 Å². The Morgan fingerprint density at radius 2 is 1.94 bits per heavy atom. The van der Waals surface area contributed by atoms with Crippen molar-refractivity contribution in [3.8, 4) is 11.4 Å². The van der Waals surface area contributed by atoms with Crippen LogP contribution in [0.5, 0.6) is 5.75 Å². The molecule has 1 aliphatic rings. The summed E-state index contributed by atoms with van der Waals surface area (Å²) in [4.78, 5) is 14.8. The number of benzene rings is 2. The van der Waals surface area contributed by atoms with Gasteiger partial charge in [0.25, 0.3) is 0 Å². The van der Waals surface area contributed by atoms with Crippen LogP contribution in [0.1, 0.15) is 23.2 Å². The van der Waals surface area contributed by atoms with Gasteiger partial charge in [0.15, 0.2) is 5.78 Å². The third-order valence-corrected chi connectivity index (χ3v) is 5.97. The summed E-state index contributed by atoms with van der Waals surface area (Å²) < 4.78 is 36.8. The van der Waals surface area contributed by atoms with Crippen LogP contribution < -0.4 is 4.74 Å². The number of nitrogens with zero attached hydrogens (tertiary/aromatic N) is 4. The van der Waals surface area contributed by atoms with E-state index in [1.807, 2.05) is 24.3 Å². The second-order valence-electron chi connectivity index (χ2n) is 7.48. The summed E-state index contributed by atoms with van der Waals surface area (Å²) in [5, 5.41) is 4.40. The molecular formula is C22H22F2N4O2S. The number of piperidine rings is 1. The molecule has 1 fully saturated rings. The number of carbonyl (C=O) groups excluding carboxylic acids is 1. The predicted octanol–water partition coefficient (Wildman–Crippen LogP) is 4.24. The molecule has 2 heterocycles. The van der Waals surface area contributed by atoms with E-state index < -0.39 is 11.6 Å². The van der Waals surface area contributed by atoms with Crippen LogP contribution in [0.3, 0.4) is 0 Å². The van der Waals surface area contributed by atoms with Crippen molar-refractivity contribution in [2.24, 2.45) is 5.92 Å².